The van der Waals surface area contributed by atoms with Crippen molar-refractivity contribution in [1.29, 1.82) is 0 Å². The first kappa shape index (κ1) is 18.8. The van der Waals surface area contributed by atoms with Gasteiger partial charge in [-0.1, -0.05) is 0 Å². The van der Waals surface area contributed by atoms with Gasteiger partial charge in [-0.25, -0.2) is 9.59 Å². The fraction of sp³-hybridized carbons (Fsp3) is 0.556. The molecular formula is C9H20N6O4. The average molecular weight is 276 g/mol. The maximum atomic E-state index is 10.7. The lowest BCUT2D eigenvalue weighted by atomic mass is 10.1. The zero-order valence-corrected chi connectivity index (χ0v) is 10.6. The molecular weight excluding hydrogens is 256 g/mol. The smallest absolute Gasteiger partial charge is 0.326 e. The topological polar surface area (TPSA) is 200 Å². The Morgan fingerprint density at radius 1 is 1.21 bits per heavy atom. The van der Waals surface area contributed by atoms with E-state index >= 15 is 0 Å². The molecule has 0 spiro atoms. The van der Waals surface area contributed by atoms with E-state index in [1.54, 1.807) is 0 Å². The summed E-state index contributed by atoms with van der Waals surface area (Å²) in [4.78, 5) is 34.0. The number of aliphatic carboxylic acids is 1. The van der Waals surface area contributed by atoms with Crippen molar-refractivity contribution < 1.29 is 19.5 Å². The zero-order valence-electron chi connectivity index (χ0n) is 10.6. The van der Waals surface area contributed by atoms with Crippen molar-refractivity contribution in [2.24, 2.45) is 27.9 Å². The molecule has 0 saturated heterocycles. The number of hydrogen-bond donors (Lipinski definition) is 6. The average Bonchev–Trinajstić information content (AvgIpc) is 2.20. The normalized spacial score (nSPS) is 10.4. The molecule has 10 heteroatoms. The van der Waals surface area contributed by atoms with Crippen LogP contribution in [0, 0.1) is 0 Å². The molecule has 0 radical (unpaired) electrons. The van der Waals surface area contributed by atoms with Gasteiger partial charge in [0.15, 0.2) is 5.96 Å². The molecule has 0 aliphatic heterocycles. The van der Waals surface area contributed by atoms with Gasteiger partial charge in [-0.3, -0.25) is 9.79 Å². The van der Waals surface area contributed by atoms with Crippen LogP contribution in [0.15, 0.2) is 4.99 Å². The third kappa shape index (κ3) is 18.1. The summed E-state index contributed by atoms with van der Waals surface area (Å²) < 4.78 is 0. The molecule has 110 valence electrons. The first-order chi connectivity index (χ1) is 8.66. The first-order valence-corrected chi connectivity index (χ1v) is 5.27. The number of guanidine groups is 1. The Balaban J connectivity index is 0. The van der Waals surface area contributed by atoms with Crippen LogP contribution in [0.2, 0.25) is 0 Å². The monoisotopic (exact) mass is 276 g/mol. The van der Waals surface area contributed by atoms with Crippen molar-refractivity contribution in [3.8, 4) is 0 Å². The molecule has 0 unspecified atom stereocenters. The number of carboxylic acid groups (broad SMARTS) is 1. The molecule has 19 heavy (non-hydrogen) atoms. The molecule has 0 aromatic carbocycles. The number of primary amides is 2. The van der Waals surface area contributed by atoms with E-state index in [0.717, 1.165) is 0 Å². The van der Waals surface area contributed by atoms with E-state index in [1.165, 1.54) is 6.92 Å². The van der Waals surface area contributed by atoms with Crippen molar-refractivity contribution in [2.45, 2.75) is 25.8 Å². The molecule has 0 aromatic rings. The van der Waals surface area contributed by atoms with E-state index < -0.39 is 18.0 Å². The number of aliphatic imine (C=N–C) groups is 1. The van der Waals surface area contributed by atoms with Gasteiger partial charge in [0.25, 0.3) is 0 Å². The number of carbonyl (C=O) groups is 3. The Kier molecular flexibility index (Phi) is 10.5. The van der Waals surface area contributed by atoms with Crippen molar-refractivity contribution in [2.75, 3.05) is 6.54 Å². The summed E-state index contributed by atoms with van der Waals surface area (Å²) in [5.41, 5.74) is 18.7. The number of carbonyl (C=O) groups excluding carboxylic acids is 2. The number of nitrogens with two attached hydrogens (primary N) is 4. The quantitative estimate of drug-likeness (QED) is 0.178. The molecule has 10 nitrogen and oxygen atoms in total. The maximum absolute atomic E-state index is 10.7. The van der Waals surface area contributed by atoms with Crippen molar-refractivity contribution in [1.82, 2.24) is 5.32 Å². The molecule has 1 atom stereocenters. The third-order valence-electron chi connectivity index (χ3n) is 1.62. The van der Waals surface area contributed by atoms with Gasteiger partial charge in [0, 0.05) is 13.5 Å². The van der Waals surface area contributed by atoms with Crippen molar-refractivity contribution >= 4 is 23.9 Å². The highest BCUT2D eigenvalue weighted by Crippen LogP contribution is 1.98. The van der Waals surface area contributed by atoms with E-state index in [-0.39, 0.29) is 11.9 Å². The Morgan fingerprint density at radius 2 is 1.68 bits per heavy atom. The molecule has 0 aromatic heterocycles. The molecule has 0 fully saturated rings. The fourth-order valence-corrected chi connectivity index (χ4v) is 1.01. The standard InChI is InChI=1S/C8H16N4O3.CH4N2O/c1-5(13)12-6(7(14)15)3-2-4-11-8(9)10;2-1(3)4/h6H,2-4H2,1H3,(H,12,13)(H,14,15)(H4,9,10,11);(H4,2,3,4)/t6-;/m0./s1. The molecule has 0 aliphatic rings. The summed E-state index contributed by atoms with van der Waals surface area (Å²) in [6, 6.07) is -1.71. The minimum absolute atomic E-state index is 0.0265. The number of hydrogen-bond acceptors (Lipinski definition) is 4. The fourth-order valence-electron chi connectivity index (χ4n) is 1.01. The lowest BCUT2D eigenvalue weighted by Gasteiger charge is -2.11. The van der Waals surface area contributed by atoms with E-state index in [1.807, 2.05) is 0 Å². The third-order valence-corrected chi connectivity index (χ3v) is 1.62. The van der Waals surface area contributed by atoms with Crippen LogP contribution in [-0.4, -0.2) is 41.6 Å². The van der Waals surface area contributed by atoms with Gasteiger partial charge < -0.3 is 33.4 Å². The number of carboxylic acids is 1. The molecule has 0 aliphatic carbocycles. The highest BCUT2D eigenvalue weighted by atomic mass is 16.4. The van der Waals surface area contributed by atoms with Gasteiger partial charge in [-0.05, 0) is 12.8 Å². The van der Waals surface area contributed by atoms with Gasteiger partial charge >= 0.3 is 12.0 Å². The van der Waals surface area contributed by atoms with E-state index in [2.05, 4.69) is 21.8 Å². The molecule has 0 rings (SSSR count). The summed E-state index contributed by atoms with van der Waals surface area (Å²) >= 11 is 0. The van der Waals surface area contributed by atoms with Crippen LogP contribution in [0.4, 0.5) is 4.79 Å². The molecule has 3 amide bonds. The largest absolute Gasteiger partial charge is 0.480 e. The highest BCUT2D eigenvalue weighted by Gasteiger charge is 2.17. The minimum atomic E-state index is -1.06. The number of amides is 3. The van der Waals surface area contributed by atoms with Gasteiger partial charge in [-0.2, -0.15) is 0 Å². The summed E-state index contributed by atoms with van der Waals surface area (Å²) in [5.74, 6) is -1.46. The number of urea groups is 1. The summed E-state index contributed by atoms with van der Waals surface area (Å²) in [7, 11) is 0. The maximum Gasteiger partial charge on any atom is 0.326 e. The second-order valence-electron chi connectivity index (χ2n) is 3.44. The van der Waals surface area contributed by atoms with Crippen LogP contribution in [0.5, 0.6) is 0 Å². The predicted molar refractivity (Wildman–Crippen MR) is 68.9 cm³/mol. The Bertz CT molecular complexity index is 336. The predicted octanol–water partition coefficient (Wildman–Crippen LogP) is -2.35. The van der Waals surface area contributed by atoms with Crippen molar-refractivity contribution in [3.05, 3.63) is 0 Å². The van der Waals surface area contributed by atoms with Gasteiger partial charge in [0.2, 0.25) is 5.91 Å². The summed E-state index contributed by atoms with van der Waals surface area (Å²) in [5, 5.41) is 11.0. The first-order valence-electron chi connectivity index (χ1n) is 5.27. The second-order valence-corrected chi connectivity index (χ2v) is 3.44. The van der Waals surface area contributed by atoms with Gasteiger partial charge in [0.1, 0.15) is 6.04 Å². The molecule has 0 heterocycles. The second kappa shape index (κ2) is 10.6. The van der Waals surface area contributed by atoms with Crippen LogP contribution in [0.25, 0.3) is 0 Å². The minimum Gasteiger partial charge on any atom is -0.480 e. The summed E-state index contributed by atoms with van der Waals surface area (Å²) in [6.45, 7) is 1.62. The Morgan fingerprint density at radius 3 is 2.00 bits per heavy atom. The van der Waals surface area contributed by atoms with Gasteiger partial charge in [0.05, 0.1) is 0 Å². The van der Waals surface area contributed by atoms with Crippen LogP contribution in [0.1, 0.15) is 19.8 Å². The van der Waals surface area contributed by atoms with Gasteiger partial charge in [-0.15, -0.1) is 0 Å². The van der Waals surface area contributed by atoms with E-state index in [9.17, 15) is 9.59 Å². The van der Waals surface area contributed by atoms with Crippen LogP contribution < -0.4 is 28.3 Å². The van der Waals surface area contributed by atoms with Crippen LogP contribution in [-0.2, 0) is 9.59 Å². The molecule has 0 bridgehead atoms. The number of nitrogens with one attached hydrogen (secondary N) is 1. The summed E-state index contributed by atoms with van der Waals surface area (Å²) in [6.07, 6.45) is 0.792. The Hall–Kier alpha value is -2.52. The molecule has 10 N–H and O–H groups in total. The molecule has 0 saturated carbocycles. The highest BCUT2D eigenvalue weighted by molar-refractivity contribution is 5.82. The number of nitrogens with zero attached hydrogens (tertiary/aromatic N) is 1. The van der Waals surface area contributed by atoms with E-state index in [4.69, 9.17) is 21.4 Å². The Labute approximate surface area is 110 Å². The lowest BCUT2D eigenvalue weighted by Crippen LogP contribution is -2.39. The lowest BCUT2D eigenvalue weighted by molar-refractivity contribution is -0.141. The zero-order chi connectivity index (χ0) is 15.4. The van der Waals surface area contributed by atoms with E-state index in [0.29, 0.717) is 19.4 Å². The van der Waals surface area contributed by atoms with Crippen molar-refractivity contribution in [3.63, 3.8) is 0 Å². The number of rotatable bonds is 6. The SMILES string of the molecule is CC(=O)N[C@@H](CCCN=C(N)N)C(=O)O.NC(N)=O. The van der Waals surface area contributed by atoms with Crippen LogP contribution >= 0.6 is 0 Å². The van der Waals surface area contributed by atoms with Crippen LogP contribution in [0.3, 0.4) is 0 Å².